The van der Waals surface area contributed by atoms with Crippen LogP contribution in [0.5, 0.6) is 0 Å². The molecule has 2 aromatic heterocycles. The zero-order valence-corrected chi connectivity index (χ0v) is 23.1. The summed E-state index contributed by atoms with van der Waals surface area (Å²) in [7, 11) is 1.83. The summed E-state index contributed by atoms with van der Waals surface area (Å²) in [5, 5.41) is 1.45. The van der Waals surface area contributed by atoms with Gasteiger partial charge in [0.25, 0.3) is 5.91 Å². The minimum Gasteiger partial charge on any atom is -0.333 e. The first-order valence-corrected chi connectivity index (χ1v) is 14.4. The fourth-order valence-electron chi connectivity index (χ4n) is 5.43. The number of aromatic nitrogens is 2. The van der Waals surface area contributed by atoms with Crippen molar-refractivity contribution in [3.05, 3.63) is 99.6 Å². The Kier molecular flexibility index (Phi) is 7.20. The Morgan fingerprint density at radius 2 is 1.61 bits per heavy atom. The number of fused-ring (bicyclic) bond motifs is 2. The van der Waals surface area contributed by atoms with E-state index in [4.69, 9.17) is 16.6 Å². The van der Waals surface area contributed by atoms with Gasteiger partial charge in [0.2, 0.25) is 0 Å². The summed E-state index contributed by atoms with van der Waals surface area (Å²) < 4.78 is 3.28. The van der Waals surface area contributed by atoms with Crippen LogP contribution in [0.2, 0.25) is 5.02 Å². The number of rotatable bonds is 7. The van der Waals surface area contributed by atoms with E-state index in [9.17, 15) is 4.79 Å². The molecule has 3 aromatic carbocycles. The van der Waals surface area contributed by atoms with Gasteiger partial charge in [0.05, 0.1) is 22.6 Å². The predicted octanol–water partition coefficient (Wildman–Crippen LogP) is 7.21. The van der Waals surface area contributed by atoms with Crippen molar-refractivity contribution in [2.45, 2.75) is 38.9 Å². The van der Waals surface area contributed by atoms with Gasteiger partial charge in [0.1, 0.15) is 10.7 Å². The number of imidazole rings is 1. The van der Waals surface area contributed by atoms with Crippen molar-refractivity contribution in [1.29, 1.82) is 0 Å². The van der Waals surface area contributed by atoms with Crippen LogP contribution in [0, 0.1) is 0 Å². The number of piperidine rings is 1. The van der Waals surface area contributed by atoms with Crippen molar-refractivity contribution in [1.82, 2.24) is 19.4 Å². The molecule has 0 atom stereocenters. The second-order valence-corrected chi connectivity index (χ2v) is 11.5. The molecule has 0 unspecified atom stereocenters. The Morgan fingerprint density at radius 3 is 2.39 bits per heavy atom. The van der Waals surface area contributed by atoms with Gasteiger partial charge < -0.3 is 9.47 Å². The maximum absolute atomic E-state index is 13.5. The SMILES string of the molecule is CN(Cc1nc2ccccc2n1Cc1ccccc1CN1CCCCC1)C(=O)c1sc2ccccc2c1Cl. The number of para-hydroxylation sites is 2. The van der Waals surface area contributed by atoms with E-state index in [0.29, 0.717) is 23.0 Å². The molecular weight excluding hydrogens is 512 g/mol. The van der Waals surface area contributed by atoms with E-state index in [-0.39, 0.29) is 5.91 Å². The average molecular weight is 543 g/mol. The Morgan fingerprint density at radius 1 is 0.921 bits per heavy atom. The maximum atomic E-state index is 13.5. The minimum atomic E-state index is -0.0831. The Hall–Kier alpha value is -3.19. The third-order valence-corrected chi connectivity index (χ3v) is 9.14. The highest BCUT2D eigenvalue weighted by molar-refractivity contribution is 7.21. The number of carbonyl (C=O) groups excluding carboxylic acids is 1. The second-order valence-electron chi connectivity index (χ2n) is 10.1. The van der Waals surface area contributed by atoms with Crippen molar-refractivity contribution < 1.29 is 4.79 Å². The quantitative estimate of drug-likeness (QED) is 0.218. The van der Waals surface area contributed by atoms with Crippen molar-refractivity contribution in [2.75, 3.05) is 20.1 Å². The molecule has 3 heterocycles. The molecule has 0 aliphatic carbocycles. The lowest BCUT2D eigenvalue weighted by Gasteiger charge is -2.27. The first-order valence-electron chi connectivity index (χ1n) is 13.2. The Labute approximate surface area is 232 Å². The average Bonchev–Trinajstić information content (AvgIpc) is 3.47. The van der Waals surface area contributed by atoms with Gasteiger partial charge in [-0.05, 0) is 55.3 Å². The molecule has 1 fully saturated rings. The number of amides is 1. The molecule has 1 amide bonds. The highest BCUT2D eigenvalue weighted by atomic mass is 35.5. The normalized spacial score (nSPS) is 14.4. The van der Waals surface area contributed by atoms with Crippen LogP contribution >= 0.6 is 22.9 Å². The smallest absolute Gasteiger partial charge is 0.265 e. The van der Waals surface area contributed by atoms with E-state index in [2.05, 4.69) is 45.9 Å². The third-order valence-electron chi connectivity index (χ3n) is 7.48. The molecule has 1 aliphatic rings. The van der Waals surface area contributed by atoms with E-state index in [0.717, 1.165) is 33.5 Å². The molecule has 0 saturated carbocycles. The highest BCUT2D eigenvalue weighted by Gasteiger charge is 2.23. The monoisotopic (exact) mass is 542 g/mol. The lowest BCUT2D eigenvalue weighted by molar-refractivity contribution is 0.0785. The summed E-state index contributed by atoms with van der Waals surface area (Å²) >= 11 is 8.08. The van der Waals surface area contributed by atoms with Crippen LogP contribution in [0.3, 0.4) is 0 Å². The Bertz CT molecular complexity index is 1600. The van der Waals surface area contributed by atoms with Crippen LogP contribution < -0.4 is 0 Å². The van der Waals surface area contributed by atoms with Gasteiger partial charge in [-0.3, -0.25) is 9.69 Å². The van der Waals surface area contributed by atoms with Crippen LogP contribution in [-0.4, -0.2) is 45.4 Å². The molecule has 7 heteroatoms. The number of hydrogen-bond acceptors (Lipinski definition) is 4. The van der Waals surface area contributed by atoms with Crippen LogP contribution in [0.4, 0.5) is 0 Å². The van der Waals surface area contributed by atoms with E-state index in [1.165, 1.54) is 54.8 Å². The number of thiophene rings is 1. The predicted molar refractivity (Wildman–Crippen MR) is 157 cm³/mol. The molecular formula is C31H31ClN4OS. The summed E-state index contributed by atoms with van der Waals surface area (Å²) in [6.07, 6.45) is 3.90. The first kappa shape index (κ1) is 25.1. The van der Waals surface area contributed by atoms with E-state index >= 15 is 0 Å². The second kappa shape index (κ2) is 10.9. The van der Waals surface area contributed by atoms with Crippen molar-refractivity contribution in [2.24, 2.45) is 0 Å². The Balaban J connectivity index is 1.30. The summed E-state index contributed by atoms with van der Waals surface area (Å²) in [5.41, 5.74) is 4.68. The molecule has 38 heavy (non-hydrogen) atoms. The topological polar surface area (TPSA) is 41.4 Å². The van der Waals surface area contributed by atoms with Gasteiger partial charge in [-0.15, -0.1) is 11.3 Å². The van der Waals surface area contributed by atoms with Crippen LogP contribution in [0.1, 0.15) is 45.9 Å². The molecule has 0 radical (unpaired) electrons. The zero-order valence-electron chi connectivity index (χ0n) is 21.6. The van der Waals surface area contributed by atoms with E-state index in [1.807, 2.05) is 43.4 Å². The number of carbonyl (C=O) groups is 1. The molecule has 5 aromatic rings. The van der Waals surface area contributed by atoms with Crippen LogP contribution in [0.15, 0.2) is 72.8 Å². The van der Waals surface area contributed by atoms with Crippen molar-refractivity contribution >= 4 is 50.0 Å². The van der Waals surface area contributed by atoms with Gasteiger partial charge in [0, 0.05) is 30.2 Å². The van der Waals surface area contributed by atoms with Crippen molar-refractivity contribution in [3.63, 3.8) is 0 Å². The number of hydrogen-bond donors (Lipinski definition) is 0. The van der Waals surface area contributed by atoms with Gasteiger partial charge >= 0.3 is 0 Å². The maximum Gasteiger partial charge on any atom is 0.265 e. The fraction of sp³-hybridized carbons (Fsp3) is 0.290. The molecule has 5 nitrogen and oxygen atoms in total. The number of nitrogens with zero attached hydrogens (tertiary/aromatic N) is 4. The number of benzene rings is 3. The van der Waals surface area contributed by atoms with Gasteiger partial charge in [-0.1, -0.05) is 72.6 Å². The summed E-state index contributed by atoms with van der Waals surface area (Å²) in [6, 6.07) is 24.8. The van der Waals surface area contributed by atoms with Gasteiger partial charge in [0.15, 0.2) is 0 Å². The summed E-state index contributed by atoms with van der Waals surface area (Å²) in [4.78, 5) is 23.3. The molecule has 1 aliphatic heterocycles. The molecule has 194 valence electrons. The van der Waals surface area contributed by atoms with Crippen LogP contribution in [-0.2, 0) is 19.6 Å². The summed E-state index contributed by atoms with van der Waals surface area (Å²) in [6.45, 7) is 4.42. The molecule has 6 rings (SSSR count). The van der Waals surface area contributed by atoms with Gasteiger partial charge in [-0.25, -0.2) is 4.98 Å². The standard InChI is InChI=1S/C31H31ClN4OS/c1-34(31(37)30-29(32)24-13-5-8-16-27(24)38-30)21-28-33-25-14-6-7-15-26(25)36(28)20-23-12-4-3-11-22(23)19-35-17-9-2-10-18-35/h3-8,11-16H,2,9-10,17-21H2,1H3. The first-order chi connectivity index (χ1) is 18.6. The lowest BCUT2D eigenvalue weighted by atomic mass is 10.0. The fourth-order valence-corrected chi connectivity index (χ4v) is 6.93. The lowest BCUT2D eigenvalue weighted by Crippen LogP contribution is -2.29. The summed E-state index contributed by atoms with van der Waals surface area (Å²) in [5.74, 6) is 0.785. The van der Waals surface area contributed by atoms with Crippen LogP contribution in [0.25, 0.3) is 21.1 Å². The molecule has 1 saturated heterocycles. The van der Waals surface area contributed by atoms with Gasteiger partial charge in [-0.2, -0.15) is 0 Å². The van der Waals surface area contributed by atoms with E-state index < -0.39 is 0 Å². The largest absolute Gasteiger partial charge is 0.333 e. The zero-order chi connectivity index (χ0) is 26.1. The number of likely N-dealkylation sites (tertiary alicyclic amines) is 1. The number of halogens is 1. The molecule has 0 bridgehead atoms. The minimum absolute atomic E-state index is 0.0831. The van der Waals surface area contributed by atoms with E-state index in [1.54, 1.807) is 4.90 Å². The molecule has 0 spiro atoms. The third kappa shape index (κ3) is 4.96. The van der Waals surface area contributed by atoms with Crippen molar-refractivity contribution in [3.8, 4) is 0 Å². The molecule has 0 N–H and O–H groups in total. The highest BCUT2D eigenvalue weighted by Crippen LogP contribution is 2.36.